The normalized spacial score (nSPS) is 10.5. The number of hydrogen-bond donors (Lipinski definition) is 0. The van der Waals surface area contributed by atoms with Gasteiger partial charge in [0.2, 0.25) is 0 Å². The van der Waals surface area contributed by atoms with Crippen LogP contribution in [0.25, 0.3) is 10.8 Å². The van der Waals surface area contributed by atoms with Crippen LogP contribution in [0.3, 0.4) is 0 Å². The Labute approximate surface area is 90.7 Å². The van der Waals surface area contributed by atoms with E-state index >= 15 is 0 Å². The maximum Gasteiger partial charge on any atom is 0.127 e. The second-order valence-corrected chi connectivity index (χ2v) is 3.59. The predicted octanol–water partition coefficient (Wildman–Crippen LogP) is 3.82. The van der Waals surface area contributed by atoms with Crippen LogP contribution in [0.5, 0.6) is 5.75 Å². The van der Waals surface area contributed by atoms with E-state index in [0.717, 1.165) is 36.0 Å². The van der Waals surface area contributed by atoms with Crippen molar-refractivity contribution in [3.8, 4) is 5.75 Å². The molecule has 0 unspecified atom stereocenters. The van der Waals surface area contributed by atoms with Gasteiger partial charge >= 0.3 is 0 Å². The number of ether oxygens (including phenoxy) is 1. The third-order valence-corrected chi connectivity index (χ3v) is 2.42. The van der Waals surface area contributed by atoms with E-state index in [9.17, 15) is 0 Å². The Hall–Kier alpha value is -1.50. The highest BCUT2D eigenvalue weighted by molar-refractivity contribution is 5.87. The third-order valence-electron chi connectivity index (χ3n) is 2.42. The summed E-state index contributed by atoms with van der Waals surface area (Å²) in [6, 6.07) is 15.3. The molecule has 0 saturated heterocycles. The summed E-state index contributed by atoms with van der Waals surface area (Å²) >= 11 is 0. The summed E-state index contributed by atoms with van der Waals surface area (Å²) < 4.78 is 5.74. The number of rotatable bonds is 4. The molecule has 0 fully saturated rings. The summed E-state index contributed by atoms with van der Waals surface area (Å²) in [6.45, 7) is 2.96. The molecule has 0 spiro atoms. The highest BCUT2D eigenvalue weighted by Gasteiger charge is 1.99. The minimum atomic E-state index is 0.796. The molecule has 77 valence electrons. The molecule has 0 N–H and O–H groups in total. The molecule has 1 radical (unpaired) electrons. The third kappa shape index (κ3) is 2.30. The average Bonchev–Trinajstić information content (AvgIpc) is 2.30. The summed E-state index contributed by atoms with van der Waals surface area (Å²) in [5.41, 5.74) is 0. The van der Waals surface area contributed by atoms with Crippen molar-refractivity contribution < 1.29 is 4.74 Å². The van der Waals surface area contributed by atoms with E-state index in [1.54, 1.807) is 0 Å². The van der Waals surface area contributed by atoms with Gasteiger partial charge in [-0.05, 0) is 23.9 Å². The quantitative estimate of drug-likeness (QED) is 0.680. The summed E-state index contributed by atoms with van der Waals surface area (Å²) in [5, 5.41) is 2.27. The van der Waals surface area contributed by atoms with Crippen molar-refractivity contribution in [2.24, 2.45) is 0 Å². The molecule has 0 aliphatic heterocycles. The molecular formula is C14H15O. The van der Waals surface area contributed by atoms with Gasteiger partial charge in [-0.1, -0.05) is 43.7 Å². The van der Waals surface area contributed by atoms with Crippen LogP contribution >= 0.6 is 0 Å². The Morgan fingerprint density at radius 1 is 1.20 bits per heavy atom. The molecule has 0 aliphatic carbocycles. The lowest BCUT2D eigenvalue weighted by atomic mass is 10.1. The Balaban J connectivity index is 2.26. The molecule has 2 aromatic rings. The zero-order chi connectivity index (χ0) is 10.5. The van der Waals surface area contributed by atoms with Crippen molar-refractivity contribution in [2.45, 2.75) is 19.8 Å². The van der Waals surface area contributed by atoms with E-state index in [1.165, 1.54) is 0 Å². The zero-order valence-corrected chi connectivity index (χ0v) is 8.99. The standard InChI is InChI=1S/C14H15O/c1-2-3-11-15-14-10-6-8-12-7-4-5-9-13(12)14/h4-6,8-10H,2-3,11H2,1H3. The first-order valence-electron chi connectivity index (χ1n) is 5.44. The van der Waals surface area contributed by atoms with Gasteiger partial charge in [-0.2, -0.15) is 0 Å². The molecule has 2 aromatic carbocycles. The number of hydrogen-bond acceptors (Lipinski definition) is 1. The Morgan fingerprint density at radius 3 is 3.00 bits per heavy atom. The second kappa shape index (κ2) is 4.83. The molecule has 0 amide bonds. The molecule has 0 aromatic heterocycles. The fourth-order valence-electron chi connectivity index (χ4n) is 1.58. The second-order valence-electron chi connectivity index (χ2n) is 3.59. The van der Waals surface area contributed by atoms with Gasteiger partial charge in [0.1, 0.15) is 5.75 Å². The van der Waals surface area contributed by atoms with Crippen LogP contribution in [0.4, 0.5) is 0 Å². The van der Waals surface area contributed by atoms with Gasteiger partial charge in [0, 0.05) is 5.39 Å². The van der Waals surface area contributed by atoms with Crippen LogP contribution in [0.15, 0.2) is 36.4 Å². The van der Waals surface area contributed by atoms with Gasteiger partial charge in [-0.25, -0.2) is 0 Å². The van der Waals surface area contributed by atoms with Gasteiger partial charge in [0.05, 0.1) is 6.61 Å². The molecule has 0 bridgehead atoms. The van der Waals surface area contributed by atoms with Crippen LogP contribution in [0.1, 0.15) is 19.8 Å². The molecule has 0 atom stereocenters. The lowest BCUT2D eigenvalue weighted by Crippen LogP contribution is -1.96. The van der Waals surface area contributed by atoms with Gasteiger partial charge in [-0.15, -0.1) is 0 Å². The van der Waals surface area contributed by atoms with Gasteiger partial charge in [0.25, 0.3) is 0 Å². The molecule has 0 saturated carbocycles. The van der Waals surface area contributed by atoms with Crippen LogP contribution < -0.4 is 4.74 Å². The Bertz CT molecular complexity index is 429. The van der Waals surface area contributed by atoms with Crippen molar-refractivity contribution in [3.05, 3.63) is 42.5 Å². The number of benzene rings is 2. The minimum absolute atomic E-state index is 0.796. The van der Waals surface area contributed by atoms with Crippen molar-refractivity contribution in [3.63, 3.8) is 0 Å². The lowest BCUT2D eigenvalue weighted by molar-refractivity contribution is 0.313. The highest BCUT2D eigenvalue weighted by atomic mass is 16.5. The largest absolute Gasteiger partial charge is 0.493 e. The lowest BCUT2D eigenvalue weighted by Gasteiger charge is -2.08. The fraction of sp³-hybridized carbons (Fsp3) is 0.286. The van der Waals surface area contributed by atoms with Crippen LogP contribution in [0, 0.1) is 6.07 Å². The Morgan fingerprint density at radius 2 is 2.13 bits per heavy atom. The van der Waals surface area contributed by atoms with Crippen LogP contribution in [-0.2, 0) is 0 Å². The zero-order valence-electron chi connectivity index (χ0n) is 8.99. The average molecular weight is 199 g/mol. The molecule has 0 heterocycles. The maximum absolute atomic E-state index is 5.74. The maximum atomic E-state index is 5.74. The van der Waals surface area contributed by atoms with Crippen LogP contribution in [-0.4, -0.2) is 6.61 Å². The first kappa shape index (κ1) is 10.0. The van der Waals surface area contributed by atoms with Crippen molar-refractivity contribution in [2.75, 3.05) is 6.61 Å². The van der Waals surface area contributed by atoms with Gasteiger partial charge in [-0.3, -0.25) is 0 Å². The monoisotopic (exact) mass is 199 g/mol. The number of fused-ring (bicyclic) bond motifs is 1. The first-order chi connectivity index (χ1) is 7.42. The summed E-state index contributed by atoms with van der Waals surface area (Å²) in [4.78, 5) is 0. The summed E-state index contributed by atoms with van der Waals surface area (Å²) in [7, 11) is 0. The Kier molecular flexibility index (Phi) is 3.23. The van der Waals surface area contributed by atoms with Crippen molar-refractivity contribution in [1.82, 2.24) is 0 Å². The van der Waals surface area contributed by atoms with E-state index in [4.69, 9.17) is 4.74 Å². The molecule has 1 heteroatoms. The van der Waals surface area contributed by atoms with Crippen LogP contribution in [0.2, 0.25) is 0 Å². The molecule has 15 heavy (non-hydrogen) atoms. The van der Waals surface area contributed by atoms with Crippen molar-refractivity contribution in [1.29, 1.82) is 0 Å². The smallest absolute Gasteiger partial charge is 0.127 e. The number of unbranched alkanes of at least 4 members (excludes halogenated alkanes) is 1. The fourth-order valence-corrected chi connectivity index (χ4v) is 1.58. The summed E-state index contributed by atoms with van der Waals surface area (Å²) in [6.07, 6.45) is 2.27. The van der Waals surface area contributed by atoms with E-state index in [2.05, 4.69) is 25.1 Å². The summed E-state index contributed by atoms with van der Waals surface area (Å²) in [5.74, 6) is 0.970. The SMILES string of the molecule is CCCCOc1cccc2[c]cccc12. The molecule has 1 nitrogen and oxygen atoms in total. The first-order valence-corrected chi connectivity index (χ1v) is 5.44. The predicted molar refractivity (Wildman–Crippen MR) is 63.2 cm³/mol. The van der Waals surface area contributed by atoms with E-state index in [-0.39, 0.29) is 0 Å². The minimum Gasteiger partial charge on any atom is -0.493 e. The van der Waals surface area contributed by atoms with Gasteiger partial charge < -0.3 is 4.74 Å². The molecule has 2 rings (SSSR count). The highest BCUT2D eigenvalue weighted by Crippen LogP contribution is 2.24. The van der Waals surface area contributed by atoms with Crippen molar-refractivity contribution >= 4 is 10.8 Å². The molecular weight excluding hydrogens is 184 g/mol. The van der Waals surface area contributed by atoms with E-state index in [0.29, 0.717) is 0 Å². The molecule has 0 aliphatic rings. The topological polar surface area (TPSA) is 9.23 Å². The van der Waals surface area contributed by atoms with Gasteiger partial charge in [0.15, 0.2) is 0 Å². The van der Waals surface area contributed by atoms with E-state index < -0.39 is 0 Å². The van der Waals surface area contributed by atoms with E-state index in [1.807, 2.05) is 24.3 Å².